The third kappa shape index (κ3) is 5.47. The molecule has 4 nitrogen and oxygen atoms in total. The van der Waals surface area contributed by atoms with Gasteiger partial charge in [-0.15, -0.1) is 0 Å². The number of nitrogens with two attached hydrogens (primary N) is 1. The Morgan fingerprint density at radius 1 is 1.03 bits per heavy atom. The second kappa shape index (κ2) is 10.4. The van der Waals surface area contributed by atoms with Crippen LogP contribution >= 0.6 is 34.8 Å². The molecule has 0 aliphatic carbocycles. The number of carbonyl (C=O) groups excluding carboxylic acids is 1. The number of nitrogens with one attached hydrogen (secondary N) is 1. The van der Waals surface area contributed by atoms with Crippen molar-refractivity contribution in [2.45, 2.75) is 38.3 Å². The minimum Gasteiger partial charge on any atom is -0.481 e. The second-order valence-electron chi connectivity index (χ2n) is 8.29. The van der Waals surface area contributed by atoms with Gasteiger partial charge in [-0.1, -0.05) is 65.5 Å². The summed E-state index contributed by atoms with van der Waals surface area (Å²) in [4.78, 5) is 12.4. The highest BCUT2D eigenvalue weighted by atomic mass is 35.5. The molecule has 33 heavy (non-hydrogen) atoms. The molecule has 0 saturated carbocycles. The zero-order valence-corrected chi connectivity index (χ0v) is 20.5. The fourth-order valence-electron chi connectivity index (χ4n) is 4.25. The van der Waals surface area contributed by atoms with Crippen LogP contribution in [0.25, 0.3) is 0 Å². The molecule has 0 radical (unpaired) electrons. The van der Waals surface area contributed by atoms with Gasteiger partial charge in [0.25, 0.3) is 0 Å². The van der Waals surface area contributed by atoms with E-state index in [1.165, 1.54) is 0 Å². The van der Waals surface area contributed by atoms with E-state index in [4.69, 9.17) is 45.3 Å². The van der Waals surface area contributed by atoms with E-state index >= 15 is 0 Å². The molecule has 2 atom stereocenters. The van der Waals surface area contributed by atoms with Crippen molar-refractivity contribution in [1.82, 2.24) is 5.32 Å². The van der Waals surface area contributed by atoms with Gasteiger partial charge in [-0.2, -0.15) is 0 Å². The normalized spacial score (nSPS) is 16.9. The highest BCUT2D eigenvalue weighted by Crippen LogP contribution is 2.38. The Balaban J connectivity index is 1.77. The topological polar surface area (TPSA) is 64.3 Å². The first kappa shape index (κ1) is 23.9. The van der Waals surface area contributed by atoms with Gasteiger partial charge in [-0.3, -0.25) is 4.79 Å². The smallest absolute Gasteiger partial charge is 0.249 e. The SMILES string of the molecule is Cc1cc(C2CCCCN2)c(C(N)=O)cc1OC(c1ccc(Cl)cc1)c1ccc(Cl)cc1Cl. The first-order chi connectivity index (χ1) is 15.8. The van der Waals surface area contributed by atoms with Gasteiger partial charge in [0.15, 0.2) is 6.10 Å². The molecule has 7 heteroatoms. The lowest BCUT2D eigenvalue weighted by atomic mass is 9.91. The molecule has 0 aromatic heterocycles. The molecule has 1 amide bonds. The molecule has 3 aromatic carbocycles. The van der Waals surface area contributed by atoms with Crippen LogP contribution in [0.15, 0.2) is 54.6 Å². The summed E-state index contributed by atoms with van der Waals surface area (Å²) < 4.78 is 6.51. The molecule has 1 heterocycles. The lowest BCUT2D eigenvalue weighted by Crippen LogP contribution is -2.29. The van der Waals surface area contributed by atoms with Crippen LogP contribution in [0, 0.1) is 6.92 Å². The van der Waals surface area contributed by atoms with E-state index in [0.29, 0.717) is 26.4 Å². The van der Waals surface area contributed by atoms with E-state index in [0.717, 1.165) is 48.1 Å². The maximum Gasteiger partial charge on any atom is 0.249 e. The van der Waals surface area contributed by atoms with Crippen molar-refractivity contribution < 1.29 is 9.53 Å². The highest BCUT2D eigenvalue weighted by Gasteiger charge is 2.25. The van der Waals surface area contributed by atoms with Crippen LogP contribution in [0.4, 0.5) is 0 Å². The maximum atomic E-state index is 12.4. The lowest BCUT2D eigenvalue weighted by Gasteiger charge is -2.27. The summed E-state index contributed by atoms with van der Waals surface area (Å²) in [6.07, 6.45) is 2.67. The number of piperidine rings is 1. The van der Waals surface area contributed by atoms with Crippen LogP contribution < -0.4 is 15.8 Å². The molecular weight excluding hydrogens is 479 g/mol. The quantitative estimate of drug-likeness (QED) is 0.379. The van der Waals surface area contributed by atoms with Crippen molar-refractivity contribution >= 4 is 40.7 Å². The van der Waals surface area contributed by atoms with Crippen LogP contribution in [-0.4, -0.2) is 12.5 Å². The van der Waals surface area contributed by atoms with Gasteiger partial charge >= 0.3 is 0 Å². The molecule has 2 unspecified atom stereocenters. The van der Waals surface area contributed by atoms with Gasteiger partial charge in [0.1, 0.15) is 5.75 Å². The van der Waals surface area contributed by atoms with Crippen molar-refractivity contribution in [2.75, 3.05) is 6.54 Å². The van der Waals surface area contributed by atoms with Gasteiger partial charge in [-0.25, -0.2) is 0 Å². The Bertz CT molecular complexity index is 1160. The van der Waals surface area contributed by atoms with Gasteiger partial charge in [0.05, 0.1) is 0 Å². The Kier molecular flexibility index (Phi) is 7.50. The number of hydrogen-bond donors (Lipinski definition) is 2. The van der Waals surface area contributed by atoms with Crippen molar-refractivity contribution in [1.29, 1.82) is 0 Å². The summed E-state index contributed by atoms with van der Waals surface area (Å²) in [6.45, 7) is 2.89. The number of aryl methyl sites for hydroxylation is 1. The number of benzene rings is 3. The van der Waals surface area contributed by atoms with Crippen LogP contribution in [-0.2, 0) is 0 Å². The van der Waals surface area contributed by atoms with Crippen LogP contribution in [0.2, 0.25) is 15.1 Å². The fourth-order valence-corrected chi connectivity index (χ4v) is 4.88. The zero-order valence-electron chi connectivity index (χ0n) is 18.2. The number of ether oxygens (including phenoxy) is 1. The zero-order chi connectivity index (χ0) is 23.5. The predicted molar refractivity (Wildman–Crippen MR) is 135 cm³/mol. The fraction of sp³-hybridized carbons (Fsp3) is 0.269. The number of carbonyl (C=O) groups is 1. The number of rotatable bonds is 6. The van der Waals surface area contributed by atoms with Crippen molar-refractivity contribution in [2.24, 2.45) is 5.73 Å². The number of hydrogen-bond acceptors (Lipinski definition) is 3. The Hall–Kier alpha value is -2.24. The van der Waals surface area contributed by atoms with Gasteiger partial charge in [0, 0.05) is 32.2 Å². The second-order valence-corrected chi connectivity index (χ2v) is 9.57. The van der Waals surface area contributed by atoms with E-state index < -0.39 is 12.0 Å². The van der Waals surface area contributed by atoms with Gasteiger partial charge in [0.2, 0.25) is 5.91 Å². The third-order valence-corrected chi connectivity index (χ3v) is 6.78. The Morgan fingerprint density at radius 3 is 2.39 bits per heavy atom. The molecule has 1 saturated heterocycles. The van der Waals surface area contributed by atoms with Gasteiger partial charge in [-0.05, 0) is 73.3 Å². The average molecular weight is 504 g/mol. The first-order valence-electron chi connectivity index (χ1n) is 10.9. The number of amides is 1. The summed E-state index contributed by atoms with van der Waals surface area (Å²) in [5.74, 6) is 0.0871. The van der Waals surface area contributed by atoms with E-state index in [-0.39, 0.29) is 6.04 Å². The first-order valence-corrected chi connectivity index (χ1v) is 12.0. The molecule has 3 aromatic rings. The number of primary amides is 1. The molecule has 1 aliphatic heterocycles. The summed E-state index contributed by atoms with van der Waals surface area (Å²) in [5, 5.41) is 5.14. The van der Waals surface area contributed by atoms with E-state index in [9.17, 15) is 4.79 Å². The Morgan fingerprint density at radius 2 is 1.76 bits per heavy atom. The van der Waals surface area contributed by atoms with E-state index in [2.05, 4.69) is 5.32 Å². The predicted octanol–water partition coefficient (Wildman–Crippen LogP) is 7.04. The summed E-state index contributed by atoms with van der Waals surface area (Å²) in [6, 6.07) is 16.5. The third-order valence-electron chi connectivity index (χ3n) is 5.96. The molecule has 1 aliphatic rings. The highest BCUT2D eigenvalue weighted by molar-refractivity contribution is 6.35. The summed E-state index contributed by atoms with van der Waals surface area (Å²) in [5.41, 5.74) is 9.68. The monoisotopic (exact) mass is 502 g/mol. The van der Waals surface area contributed by atoms with Crippen LogP contribution in [0.1, 0.15) is 64.0 Å². The molecule has 3 N–H and O–H groups in total. The summed E-state index contributed by atoms with van der Waals surface area (Å²) in [7, 11) is 0. The minimum absolute atomic E-state index is 0.103. The molecule has 0 bridgehead atoms. The van der Waals surface area contributed by atoms with Crippen molar-refractivity contribution in [3.05, 3.63) is 97.5 Å². The molecular formula is C26H25Cl3N2O2. The minimum atomic E-state index is -0.537. The molecule has 1 fully saturated rings. The van der Waals surface area contributed by atoms with Crippen LogP contribution in [0.3, 0.4) is 0 Å². The lowest BCUT2D eigenvalue weighted by molar-refractivity contribution is 0.0997. The largest absolute Gasteiger partial charge is 0.481 e. The van der Waals surface area contributed by atoms with Crippen molar-refractivity contribution in [3.8, 4) is 5.75 Å². The Labute approximate surface area is 209 Å². The van der Waals surface area contributed by atoms with Crippen molar-refractivity contribution in [3.63, 3.8) is 0 Å². The summed E-state index contributed by atoms with van der Waals surface area (Å²) >= 11 is 18.8. The molecule has 4 rings (SSSR count). The molecule has 0 spiro atoms. The standard InChI is InChI=1S/C26H25Cl3N2O2/c1-15-12-20(23-4-2-3-11-31-23)21(26(30)32)14-24(15)33-25(16-5-7-17(27)8-6-16)19-10-9-18(28)13-22(19)29/h5-10,12-14,23,25,31H,2-4,11H2,1H3,(H2,30,32). The molecule has 172 valence electrons. The van der Waals surface area contributed by atoms with E-state index in [1.54, 1.807) is 30.3 Å². The average Bonchev–Trinajstić information content (AvgIpc) is 2.80. The maximum absolute atomic E-state index is 12.4. The van der Waals surface area contributed by atoms with Gasteiger partial charge < -0.3 is 15.8 Å². The number of halogens is 3. The van der Waals surface area contributed by atoms with Crippen LogP contribution in [0.5, 0.6) is 5.75 Å². The van der Waals surface area contributed by atoms with E-state index in [1.807, 2.05) is 31.2 Å².